The lowest BCUT2D eigenvalue weighted by Gasteiger charge is -2.33. The van der Waals surface area contributed by atoms with Crippen LogP contribution in [0.1, 0.15) is 50.1 Å². The van der Waals surface area contributed by atoms with Gasteiger partial charge in [-0.25, -0.2) is 4.40 Å². The maximum absolute atomic E-state index is 13.9. The quantitative estimate of drug-likeness (QED) is 0.262. The second-order valence-electron chi connectivity index (χ2n) is 10.2. The Balaban J connectivity index is 1.74. The van der Waals surface area contributed by atoms with Gasteiger partial charge in [0, 0.05) is 10.6 Å². The van der Waals surface area contributed by atoms with Gasteiger partial charge in [0.15, 0.2) is 5.16 Å². The lowest BCUT2D eigenvalue weighted by molar-refractivity contribution is 0.218. The van der Waals surface area contributed by atoms with Crippen LogP contribution in [0.15, 0.2) is 52.4 Å². The van der Waals surface area contributed by atoms with Crippen molar-refractivity contribution < 1.29 is 0 Å². The SMILES string of the molecule is C=C(C)CSc1nnc2n(Cc3ccccc3)c(=O)c3c4c(sc3n12)CC(C(C)(C)C)CC4. The molecule has 0 saturated heterocycles. The maximum Gasteiger partial charge on any atom is 0.264 e. The monoisotopic (exact) mass is 478 g/mol. The molecule has 1 aromatic carbocycles. The highest BCUT2D eigenvalue weighted by Crippen LogP contribution is 2.43. The number of hydrogen-bond donors (Lipinski definition) is 0. The fourth-order valence-electron chi connectivity index (χ4n) is 4.72. The van der Waals surface area contributed by atoms with Gasteiger partial charge in [-0.1, -0.05) is 75.0 Å². The Morgan fingerprint density at radius 2 is 2.00 bits per heavy atom. The van der Waals surface area contributed by atoms with Gasteiger partial charge in [0.2, 0.25) is 5.78 Å². The summed E-state index contributed by atoms with van der Waals surface area (Å²) in [6.07, 6.45) is 3.12. The Morgan fingerprint density at radius 3 is 2.70 bits per heavy atom. The number of fused-ring (bicyclic) bond motifs is 5. The van der Waals surface area contributed by atoms with E-state index in [2.05, 4.69) is 54.1 Å². The average molecular weight is 479 g/mol. The first kappa shape index (κ1) is 22.4. The molecule has 5 rings (SSSR count). The molecule has 1 unspecified atom stereocenters. The molecule has 0 N–H and O–H groups in total. The van der Waals surface area contributed by atoms with Gasteiger partial charge < -0.3 is 0 Å². The summed E-state index contributed by atoms with van der Waals surface area (Å²) in [5, 5.41) is 10.7. The Bertz CT molecular complexity index is 1410. The van der Waals surface area contributed by atoms with E-state index >= 15 is 0 Å². The van der Waals surface area contributed by atoms with E-state index in [9.17, 15) is 4.79 Å². The van der Waals surface area contributed by atoms with Crippen LogP contribution in [-0.2, 0) is 19.4 Å². The largest absolute Gasteiger partial charge is 0.272 e. The van der Waals surface area contributed by atoms with Crippen LogP contribution in [0.3, 0.4) is 0 Å². The van der Waals surface area contributed by atoms with Gasteiger partial charge in [0.25, 0.3) is 5.56 Å². The molecular weight excluding hydrogens is 448 g/mol. The molecule has 0 amide bonds. The molecule has 3 heterocycles. The van der Waals surface area contributed by atoms with Crippen molar-refractivity contribution in [1.82, 2.24) is 19.2 Å². The summed E-state index contributed by atoms with van der Waals surface area (Å²) in [4.78, 5) is 16.3. The molecule has 1 atom stereocenters. The summed E-state index contributed by atoms with van der Waals surface area (Å²) in [7, 11) is 0. The first-order chi connectivity index (χ1) is 15.7. The maximum atomic E-state index is 13.9. The number of benzene rings is 1. The van der Waals surface area contributed by atoms with Crippen molar-refractivity contribution in [3.05, 3.63) is 68.8 Å². The number of thiophene rings is 1. The highest BCUT2D eigenvalue weighted by Gasteiger charge is 2.33. The molecule has 0 spiro atoms. The molecule has 3 aromatic heterocycles. The van der Waals surface area contributed by atoms with Gasteiger partial charge in [-0.3, -0.25) is 9.36 Å². The van der Waals surface area contributed by atoms with E-state index in [1.807, 2.05) is 25.1 Å². The molecule has 0 saturated carbocycles. The normalized spacial score (nSPS) is 16.4. The third kappa shape index (κ3) is 4.06. The van der Waals surface area contributed by atoms with Crippen molar-refractivity contribution >= 4 is 39.1 Å². The molecule has 0 fully saturated rings. The van der Waals surface area contributed by atoms with Crippen LogP contribution in [0.4, 0.5) is 0 Å². The fourth-order valence-corrected chi connectivity index (χ4v) is 6.97. The minimum absolute atomic E-state index is 0.0527. The van der Waals surface area contributed by atoms with Crippen LogP contribution in [-0.4, -0.2) is 24.9 Å². The van der Waals surface area contributed by atoms with Crippen LogP contribution in [0.5, 0.6) is 0 Å². The zero-order chi connectivity index (χ0) is 23.3. The molecule has 1 aliphatic rings. The second kappa shape index (κ2) is 8.44. The topological polar surface area (TPSA) is 52.2 Å². The van der Waals surface area contributed by atoms with Crippen molar-refractivity contribution in [3.8, 4) is 0 Å². The molecular formula is C26H30N4OS2. The van der Waals surface area contributed by atoms with E-state index in [4.69, 9.17) is 0 Å². The summed E-state index contributed by atoms with van der Waals surface area (Å²) in [6.45, 7) is 13.5. The zero-order valence-electron chi connectivity index (χ0n) is 19.7. The highest BCUT2D eigenvalue weighted by atomic mass is 32.2. The van der Waals surface area contributed by atoms with Crippen molar-refractivity contribution in [1.29, 1.82) is 0 Å². The Morgan fingerprint density at radius 1 is 1.24 bits per heavy atom. The van der Waals surface area contributed by atoms with Gasteiger partial charge >= 0.3 is 0 Å². The highest BCUT2D eigenvalue weighted by molar-refractivity contribution is 7.99. The van der Waals surface area contributed by atoms with Gasteiger partial charge in [-0.05, 0) is 48.6 Å². The smallest absolute Gasteiger partial charge is 0.264 e. The molecule has 7 heteroatoms. The summed E-state index contributed by atoms with van der Waals surface area (Å²) in [5.41, 5.74) is 3.72. The van der Waals surface area contributed by atoms with Crippen LogP contribution in [0.25, 0.3) is 16.0 Å². The Labute approximate surface area is 202 Å². The predicted octanol–water partition coefficient (Wildman–Crippen LogP) is 5.97. The lowest BCUT2D eigenvalue weighted by atomic mass is 9.72. The number of aromatic nitrogens is 4. The van der Waals surface area contributed by atoms with E-state index in [0.717, 1.165) is 51.5 Å². The number of aryl methyl sites for hydroxylation is 1. The summed E-state index contributed by atoms with van der Waals surface area (Å²) >= 11 is 3.40. The predicted molar refractivity (Wildman–Crippen MR) is 139 cm³/mol. The van der Waals surface area contributed by atoms with Gasteiger partial charge in [0.1, 0.15) is 4.83 Å². The molecule has 5 nitrogen and oxygen atoms in total. The van der Waals surface area contributed by atoms with E-state index in [-0.39, 0.29) is 11.0 Å². The molecule has 1 aliphatic carbocycles. The fraction of sp³-hybridized carbons (Fsp3) is 0.423. The van der Waals surface area contributed by atoms with Gasteiger partial charge in [0.05, 0.1) is 11.9 Å². The molecule has 0 aliphatic heterocycles. The second-order valence-corrected chi connectivity index (χ2v) is 12.3. The van der Waals surface area contributed by atoms with E-state index < -0.39 is 0 Å². The van der Waals surface area contributed by atoms with Crippen LogP contribution in [0.2, 0.25) is 0 Å². The average Bonchev–Trinajstić information content (AvgIpc) is 3.36. The number of nitrogens with zero attached hydrogens (tertiary/aromatic N) is 4. The van der Waals surface area contributed by atoms with Crippen molar-refractivity contribution in [2.75, 3.05) is 5.75 Å². The van der Waals surface area contributed by atoms with Crippen molar-refractivity contribution in [2.45, 2.75) is 58.7 Å². The summed E-state index contributed by atoms with van der Waals surface area (Å²) < 4.78 is 3.92. The zero-order valence-corrected chi connectivity index (χ0v) is 21.4. The summed E-state index contributed by atoms with van der Waals surface area (Å²) in [5.74, 6) is 2.02. The Hall–Kier alpha value is -2.38. The van der Waals surface area contributed by atoms with Crippen molar-refractivity contribution in [2.24, 2.45) is 11.3 Å². The van der Waals surface area contributed by atoms with Crippen LogP contribution < -0.4 is 5.56 Å². The molecule has 33 heavy (non-hydrogen) atoms. The molecule has 0 radical (unpaired) electrons. The number of thioether (sulfide) groups is 1. The van der Waals surface area contributed by atoms with Crippen LogP contribution >= 0.6 is 23.1 Å². The van der Waals surface area contributed by atoms with E-state index in [1.54, 1.807) is 27.7 Å². The minimum Gasteiger partial charge on any atom is -0.272 e. The number of rotatable bonds is 5. The minimum atomic E-state index is 0.0527. The van der Waals surface area contributed by atoms with Crippen LogP contribution in [0, 0.1) is 11.3 Å². The third-order valence-electron chi connectivity index (χ3n) is 6.62. The molecule has 0 bridgehead atoms. The molecule has 4 aromatic rings. The Kier molecular flexibility index (Phi) is 5.73. The van der Waals surface area contributed by atoms with E-state index in [1.165, 1.54) is 10.4 Å². The van der Waals surface area contributed by atoms with Gasteiger partial charge in [-0.2, -0.15) is 0 Å². The first-order valence-corrected chi connectivity index (χ1v) is 13.3. The standard InChI is InChI=1S/C26H30N4OS2/c1-16(2)15-32-25-28-27-24-29(14-17-9-7-6-8-10-17)22(31)21-19-12-11-18(26(3,4)5)13-20(19)33-23(21)30(24)25/h6-10,18H,1,11-15H2,2-5H3. The number of hydrogen-bond acceptors (Lipinski definition) is 5. The van der Waals surface area contributed by atoms with Gasteiger partial charge in [-0.15, -0.1) is 21.5 Å². The lowest BCUT2D eigenvalue weighted by Crippen LogP contribution is -2.27. The summed E-state index contributed by atoms with van der Waals surface area (Å²) in [6, 6.07) is 10.1. The first-order valence-electron chi connectivity index (χ1n) is 11.5. The molecule has 172 valence electrons. The van der Waals surface area contributed by atoms with E-state index in [0.29, 0.717) is 18.2 Å². The third-order valence-corrected chi connectivity index (χ3v) is 9.02. The van der Waals surface area contributed by atoms with Crippen molar-refractivity contribution in [3.63, 3.8) is 0 Å².